The van der Waals surface area contributed by atoms with Gasteiger partial charge in [-0.25, -0.2) is 0 Å². The highest BCUT2D eigenvalue weighted by molar-refractivity contribution is 5.55. The topological polar surface area (TPSA) is 47.3 Å². The molecule has 0 aromatic heterocycles. The largest absolute Gasteiger partial charge is 0.398 e. The van der Waals surface area contributed by atoms with Crippen LogP contribution < -0.4 is 11.1 Å². The molecular formula is C14H20N2O. The van der Waals surface area contributed by atoms with Crippen molar-refractivity contribution >= 4 is 5.69 Å². The van der Waals surface area contributed by atoms with Crippen LogP contribution in [0, 0.1) is 0 Å². The number of ether oxygens (including phenoxy) is 1. The standard InChI is InChI=1S/C14H20N2O/c15-14-2-1-11(10-4-7-17-8-5-10)12-3-6-16-9-13(12)14/h1-2,10,16H,3-9,15H2. The van der Waals surface area contributed by atoms with Gasteiger partial charge in [0.2, 0.25) is 0 Å². The Morgan fingerprint density at radius 2 is 2.00 bits per heavy atom. The van der Waals surface area contributed by atoms with Gasteiger partial charge in [-0.05, 0) is 54.5 Å². The second kappa shape index (κ2) is 4.67. The Labute approximate surface area is 102 Å². The van der Waals surface area contributed by atoms with Crippen molar-refractivity contribution in [3.8, 4) is 0 Å². The van der Waals surface area contributed by atoms with Gasteiger partial charge in [-0.1, -0.05) is 6.07 Å². The third-order valence-electron chi connectivity index (χ3n) is 4.02. The second-order valence-corrected chi connectivity index (χ2v) is 5.01. The summed E-state index contributed by atoms with van der Waals surface area (Å²) in [5, 5.41) is 3.41. The third kappa shape index (κ3) is 2.05. The van der Waals surface area contributed by atoms with Crippen molar-refractivity contribution in [1.82, 2.24) is 5.32 Å². The van der Waals surface area contributed by atoms with Crippen LogP contribution >= 0.6 is 0 Å². The lowest BCUT2D eigenvalue weighted by Crippen LogP contribution is -2.27. The molecule has 1 aromatic carbocycles. The molecule has 3 rings (SSSR count). The smallest absolute Gasteiger partial charge is 0.0471 e. The molecular weight excluding hydrogens is 212 g/mol. The maximum atomic E-state index is 6.08. The summed E-state index contributed by atoms with van der Waals surface area (Å²) in [7, 11) is 0. The van der Waals surface area contributed by atoms with Gasteiger partial charge in [0, 0.05) is 25.4 Å². The van der Waals surface area contributed by atoms with Crippen LogP contribution in [0.5, 0.6) is 0 Å². The molecule has 0 saturated carbocycles. The first-order valence-electron chi connectivity index (χ1n) is 6.55. The van der Waals surface area contributed by atoms with E-state index in [1.165, 1.54) is 16.7 Å². The normalized spacial score (nSPS) is 21.2. The molecule has 0 spiro atoms. The molecule has 1 fully saturated rings. The molecule has 2 heterocycles. The number of nitrogen functional groups attached to an aromatic ring is 1. The predicted octanol–water partition coefficient (Wildman–Crippen LogP) is 1.81. The van der Waals surface area contributed by atoms with Gasteiger partial charge in [-0.3, -0.25) is 0 Å². The Balaban J connectivity index is 1.98. The summed E-state index contributed by atoms with van der Waals surface area (Å²) in [6, 6.07) is 4.33. The maximum absolute atomic E-state index is 6.08. The molecule has 3 heteroatoms. The Morgan fingerprint density at radius 3 is 2.82 bits per heavy atom. The van der Waals surface area contributed by atoms with E-state index < -0.39 is 0 Å². The SMILES string of the molecule is Nc1ccc(C2CCOCC2)c2c1CNCC2. The van der Waals surface area contributed by atoms with E-state index in [0.717, 1.165) is 51.3 Å². The molecule has 3 N–H and O–H groups in total. The Bertz CT molecular complexity index is 411. The summed E-state index contributed by atoms with van der Waals surface area (Å²) < 4.78 is 5.45. The van der Waals surface area contributed by atoms with E-state index in [1.54, 1.807) is 0 Å². The quantitative estimate of drug-likeness (QED) is 0.726. The lowest BCUT2D eigenvalue weighted by molar-refractivity contribution is 0.0851. The number of hydrogen-bond donors (Lipinski definition) is 2. The van der Waals surface area contributed by atoms with Crippen molar-refractivity contribution in [2.75, 3.05) is 25.5 Å². The maximum Gasteiger partial charge on any atom is 0.0471 e. The average Bonchev–Trinajstić information content (AvgIpc) is 2.41. The van der Waals surface area contributed by atoms with Gasteiger partial charge in [0.15, 0.2) is 0 Å². The summed E-state index contributed by atoms with van der Waals surface area (Å²) in [4.78, 5) is 0. The van der Waals surface area contributed by atoms with E-state index in [-0.39, 0.29) is 0 Å². The number of anilines is 1. The Hall–Kier alpha value is -1.06. The first kappa shape index (κ1) is 11.1. The van der Waals surface area contributed by atoms with Crippen LogP contribution in [0.25, 0.3) is 0 Å². The molecule has 17 heavy (non-hydrogen) atoms. The van der Waals surface area contributed by atoms with Gasteiger partial charge in [-0.2, -0.15) is 0 Å². The second-order valence-electron chi connectivity index (χ2n) is 5.01. The molecule has 0 amide bonds. The van der Waals surface area contributed by atoms with Crippen LogP contribution in [0.1, 0.15) is 35.4 Å². The molecule has 0 atom stereocenters. The van der Waals surface area contributed by atoms with Crippen LogP contribution in [-0.4, -0.2) is 19.8 Å². The Kier molecular flexibility index (Phi) is 3.04. The first-order chi connectivity index (χ1) is 8.36. The van der Waals surface area contributed by atoms with Crippen LogP contribution in [0.15, 0.2) is 12.1 Å². The van der Waals surface area contributed by atoms with Crippen molar-refractivity contribution in [2.24, 2.45) is 0 Å². The molecule has 0 radical (unpaired) electrons. The van der Waals surface area contributed by atoms with Gasteiger partial charge in [0.1, 0.15) is 0 Å². The van der Waals surface area contributed by atoms with E-state index in [0.29, 0.717) is 5.92 Å². The fourth-order valence-corrected chi connectivity index (χ4v) is 3.05. The van der Waals surface area contributed by atoms with Crippen LogP contribution in [0.2, 0.25) is 0 Å². The van der Waals surface area contributed by atoms with Crippen LogP contribution in [0.4, 0.5) is 5.69 Å². The molecule has 0 aliphatic carbocycles. The minimum absolute atomic E-state index is 0.677. The first-order valence-corrected chi connectivity index (χ1v) is 6.55. The summed E-state index contributed by atoms with van der Waals surface area (Å²) >= 11 is 0. The van der Waals surface area contributed by atoms with Gasteiger partial charge in [0.05, 0.1) is 0 Å². The van der Waals surface area contributed by atoms with E-state index in [2.05, 4.69) is 17.4 Å². The van der Waals surface area contributed by atoms with E-state index in [9.17, 15) is 0 Å². The predicted molar refractivity (Wildman–Crippen MR) is 69.1 cm³/mol. The number of nitrogens with one attached hydrogen (secondary N) is 1. The zero-order valence-electron chi connectivity index (χ0n) is 10.2. The van der Waals surface area contributed by atoms with Crippen molar-refractivity contribution in [2.45, 2.75) is 31.7 Å². The molecule has 3 nitrogen and oxygen atoms in total. The van der Waals surface area contributed by atoms with Gasteiger partial charge in [-0.15, -0.1) is 0 Å². The highest BCUT2D eigenvalue weighted by Crippen LogP contribution is 2.34. The number of benzene rings is 1. The number of nitrogens with two attached hydrogens (primary N) is 1. The average molecular weight is 232 g/mol. The molecule has 1 aromatic rings. The summed E-state index contributed by atoms with van der Waals surface area (Å²) in [6.45, 7) is 3.81. The minimum Gasteiger partial charge on any atom is -0.398 e. The molecule has 0 unspecified atom stereocenters. The highest BCUT2D eigenvalue weighted by Gasteiger charge is 2.22. The van der Waals surface area contributed by atoms with Crippen LogP contribution in [0.3, 0.4) is 0 Å². The van der Waals surface area contributed by atoms with Crippen molar-refractivity contribution in [3.63, 3.8) is 0 Å². The van der Waals surface area contributed by atoms with Crippen molar-refractivity contribution in [3.05, 3.63) is 28.8 Å². The highest BCUT2D eigenvalue weighted by atomic mass is 16.5. The summed E-state index contributed by atoms with van der Waals surface area (Å²) in [5.41, 5.74) is 11.4. The van der Waals surface area contributed by atoms with Gasteiger partial charge >= 0.3 is 0 Å². The van der Waals surface area contributed by atoms with Crippen LogP contribution in [-0.2, 0) is 17.7 Å². The van der Waals surface area contributed by atoms with Gasteiger partial charge in [0.25, 0.3) is 0 Å². The molecule has 2 aliphatic rings. The molecule has 92 valence electrons. The van der Waals surface area contributed by atoms with E-state index in [4.69, 9.17) is 10.5 Å². The number of rotatable bonds is 1. The zero-order chi connectivity index (χ0) is 11.7. The fourth-order valence-electron chi connectivity index (χ4n) is 3.05. The summed E-state index contributed by atoms with van der Waals surface area (Å²) in [6.07, 6.45) is 3.43. The van der Waals surface area contributed by atoms with Crippen molar-refractivity contribution < 1.29 is 4.74 Å². The minimum atomic E-state index is 0.677. The number of hydrogen-bond acceptors (Lipinski definition) is 3. The lowest BCUT2D eigenvalue weighted by Gasteiger charge is -2.28. The number of fused-ring (bicyclic) bond motifs is 1. The zero-order valence-corrected chi connectivity index (χ0v) is 10.2. The summed E-state index contributed by atoms with van der Waals surface area (Å²) in [5.74, 6) is 0.677. The third-order valence-corrected chi connectivity index (χ3v) is 4.02. The van der Waals surface area contributed by atoms with Gasteiger partial charge < -0.3 is 15.8 Å². The fraction of sp³-hybridized carbons (Fsp3) is 0.571. The molecule has 0 bridgehead atoms. The van der Waals surface area contributed by atoms with E-state index >= 15 is 0 Å². The monoisotopic (exact) mass is 232 g/mol. The molecule has 2 aliphatic heterocycles. The Morgan fingerprint density at radius 1 is 1.18 bits per heavy atom. The lowest BCUT2D eigenvalue weighted by atomic mass is 9.83. The molecule has 1 saturated heterocycles. The van der Waals surface area contributed by atoms with Crippen molar-refractivity contribution in [1.29, 1.82) is 0 Å². The van der Waals surface area contributed by atoms with E-state index in [1.807, 2.05) is 0 Å².